The van der Waals surface area contributed by atoms with Crippen LogP contribution in [0, 0.1) is 15.5 Å². The molecule has 0 aliphatic heterocycles. The lowest BCUT2D eigenvalue weighted by Gasteiger charge is -2.12. The van der Waals surface area contributed by atoms with E-state index in [1.165, 1.54) is 18.2 Å². The number of aromatic nitrogens is 1. The van der Waals surface area contributed by atoms with E-state index in [9.17, 15) is 19.7 Å². The number of non-ortho nitro benzene ring substituents is 1. The summed E-state index contributed by atoms with van der Waals surface area (Å²) in [6.45, 7) is 5.40. The fourth-order valence-electron chi connectivity index (χ4n) is 1.74. The maximum Gasteiger partial charge on any atom is 0.270 e. The first kappa shape index (κ1) is 16.8. The van der Waals surface area contributed by atoms with Gasteiger partial charge in [0.1, 0.15) is 0 Å². The molecule has 0 bridgehead atoms. The minimum Gasteiger partial charge on any atom is -0.313 e. The number of carbonyl (C=O) groups excluding carboxylic acids is 1. The predicted molar refractivity (Wildman–Crippen MR) is 89.8 cm³/mol. The molecule has 0 radical (unpaired) electrons. The molecule has 0 saturated heterocycles. The van der Waals surface area contributed by atoms with Gasteiger partial charge in [-0.15, -0.1) is 11.3 Å². The Kier molecular flexibility index (Phi) is 4.60. The van der Waals surface area contributed by atoms with E-state index in [1.54, 1.807) is 39.0 Å². The fourth-order valence-corrected chi connectivity index (χ4v) is 2.62. The molecule has 1 N–H and O–H groups in total. The Bertz CT molecular complexity index is 932. The molecule has 23 heavy (non-hydrogen) atoms. The molecule has 2 rings (SSSR count). The first-order valence-corrected chi connectivity index (χ1v) is 7.70. The SMILES string of the molecule is CC(C)(C)C(=O)/C=c1\[nH]c(=O)/c(=C\c2cccc([N+](=O)[O-])c2)s1. The summed E-state index contributed by atoms with van der Waals surface area (Å²) < 4.78 is 0.852. The summed E-state index contributed by atoms with van der Waals surface area (Å²) in [6, 6.07) is 6.01. The van der Waals surface area contributed by atoms with Crippen LogP contribution in [-0.2, 0) is 4.79 Å². The Hall–Kier alpha value is -2.54. The molecule has 0 amide bonds. The Balaban J connectivity index is 2.48. The van der Waals surface area contributed by atoms with Gasteiger partial charge in [-0.25, -0.2) is 0 Å². The van der Waals surface area contributed by atoms with E-state index in [2.05, 4.69) is 4.98 Å². The molecule has 1 aromatic carbocycles. The van der Waals surface area contributed by atoms with Gasteiger partial charge in [0.05, 0.1) is 14.1 Å². The maximum atomic E-state index is 12.0. The highest BCUT2D eigenvalue weighted by Gasteiger charge is 2.18. The Labute approximate surface area is 135 Å². The number of H-pyrrole nitrogens is 1. The molecule has 0 fully saturated rings. The molecule has 0 spiro atoms. The number of aromatic amines is 1. The quantitative estimate of drug-likeness (QED) is 0.682. The topological polar surface area (TPSA) is 93.1 Å². The average molecular weight is 332 g/mol. The largest absolute Gasteiger partial charge is 0.313 e. The minimum absolute atomic E-state index is 0.0403. The van der Waals surface area contributed by atoms with Crippen molar-refractivity contribution in [2.75, 3.05) is 0 Å². The van der Waals surface area contributed by atoms with Gasteiger partial charge in [0, 0.05) is 23.6 Å². The molecule has 0 aliphatic rings. The zero-order valence-electron chi connectivity index (χ0n) is 13.0. The molecule has 7 heteroatoms. The van der Waals surface area contributed by atoms with E-state index < -0.39 is 10.3 Å². The molecule has 120 valence electrons. The molecule has 0 unspecified atom stereocenters. The molecular weight excluding hydrogens is 316 g/mol. The summed E-state index contributed by atoms with van der Waals surface area (Å²) in [6.07, 6.45) is 2.98. The van der Waals surface area contributed by atoms with Gasteiger partial charge in [0.15, 0.2) is 5.78 Å². The summed E-state index contributed by atoms with van der Waals surface area (Å²) in [5, 5.41) is 10.8. The van der Waals surface area contributed by atoms with E-state index in [1.807, 2.05) is 0 Å². The third kappa shape index (κ3) is 4.23. The third-order valence-electron chi connectivity index (χ3n) is 3.06. The number of carbonyl (C=O) groups is 1. The summed E-state index contributed by atoms with van der Waals surface area (Å²) in [4.78, 5) is 36.8. The van der Waals surface area contributed by atoms with Crippen LogP contribution in [0.3, 0.4) is 0 Å². The highest BCUT2D eigenvalue weighted by Crippen LogP contribution is 2.15. The van der Waals surface area contributed by atoms with Crippen LogP contribution in [0.2, 0.25) is 0 Å². The van der Waals surface area contributed by atoms with Gasteiger partial charge in [-0.3, -0.25) is 19.7 Å². The second-order valence-electron chi connectivity index (χ2n) is 6.04. The van der Waals surface area contributed by atoms with Crippen molar-refractivity contribution in [3.05, 3.63) is 59.5 Å². The number of rotatable bonds is 3. The van der Waals surface area contributed by atoms with Crippen molar-refractivity contribution >= 4 is 35.0 Å². The first-order chi connectivity index (χ1) is 10.7. The van der Waals surface area contributed by atoms with Crippen LogP contribution in [0.25, 0.3) is 12.2 Å². The van der Waals surface area contributed by atoms with Gasteiger partial charge in [-0.05, 0) is 11.6 Å². The number of hydrogen-bond acceptors (Lipinski definition) is 5. The maximum absolute atomic E-state index is 12.0. The molecule has 1 aromatic heterocycles. The fraction of sp³-hybridized carbons (Fsp3) is 0.250. The van der Waals surface area contributed by atoms with Crippen LogP contribution in [0.5, 0.6) is 0 Å². The Morgan fingerprint density at radius 1 is 1.35 bits per heavy atom. The smallest absolute Gasteiger partial charge is 0.270 e. The minimum atomic E-state index is -0.523. The van der Waals surface area contributed by atoms with Gasteiger partial charge in [0.25, 0.3) is 11.2 Å². The van der Waals surface area contributed by atoms with Crippen molar-refractivity contribution < 1.29 is 9.72 Å². The predicted octanol–water partition coefficient (Wildman–Crippen LogP) is 1.57. The van der Waals surface area contributed by atoms with Crippen LogP contribution in [0.15, 0.2) is 29.1 Å². The number of ketones is 1. The normalized spacial score (nSPS) is 13.3. The van der Waals surface area contributed by atoms with E-state index in [0.29, 0.717) is 14.8 Å². The highest BCUT2D eigenvalue weighted by atomic mass is 32.1. The molecule has 2 aromatic rings. The molecule has 0 atom stereocenters. The van der Waals surface area contributed by atoms with Crippen molar-refractivity contribution in [3.8, 4) is 0 Å². The van der Waals surface area contributed by atoms with Gasteiger partial charge >= 0.3 is 0 Å². The van der Waals surface area contributed by atoms with Crippen LogP contribution < -0.4 is 14.8 Å². The second kappa shape index (κ2) is 6.29. The Morgan fingerprint density at radius 3 is 2.65 bits per heavy atom. The second-order valence-corrected chi connectivity index (χ2v) is 7.12. The van der Waals surface area contributed by atoms with E-state index in [4.69, 9.17) is 0 Å². The van der Waals surface area contributed by atoms with Crippen LogP contribution in [0.4, 0.5) is 5.69 Å². The molecular formula is C16H16N2O4S. The lowest BCUT2D eigenvalue weighted by Crippen LogP contribution is -2.22. The highest BCUT2D eigenvalue weighted by molar-refractivity contribution is 7.07. The summed E-state index contributed by atoms with van der Waals surface area (Å²) in [5.41, 5.74) is -0.332. The first-order valence-electron chi connectivity index (χ1n) is 6.88. The van der Waals surface area contributed by atoms with Crippen molar-refractivity contribution in [2.45, 2.75) is 20.8 Å². The van der Waals surface area contributed by atoms with Crippen molar-refractivity contribution in [1.82, 2.24) is 4.98 Å². The van der Waals surface area contributed by atoms with Gasteiger partial charge in [-0.2, -0.15) is 0 Å². The number of nitro groups is 1. The van der Waals surface area contributed by atoms with Crippen LogP contribution in [0.1, 0.15) is 26.3 Å². The monoisotopic (exact) mass is 332 g/mol. The lowest BCUT2D eigenvalue weighted by molar-refractivity contribution is -0.384. The van der Waals surface area contributed by atoms with E-state index in [0.717, 1.165) is 11.3 Å². The standard InChI is InChI=1S/C16H16N2O4S/c1-16(2,3)13(19)9-14-17-15(20)12(23-14)8-10-5-4-6-11(7-10)18(21)22/h4-9H,1-3H3,(H,17,20)/b12-8+,14-9+. The molecule has 1 heterocycles. The zero-order valence-corrected chi connectivity index (χ0v) is 13.8. The molecule has 0 saturated carbocycles. The van der Waals surface area contributed by atoms with Crippen molar-refractivity contribution in [2.24, 2.45) is 5.41 Å². The number of thiazole rings is 1. The third-order valence-corrected chi connectivity index (χ3v) is 4.02. The van der Waals surface area contributed by atoms with Crippen LogP contribution in [-0.4, -0.2) is 15.7 Å². The van der Waals surface area contributed by atoms with Gasteiger partial charge in [0.2, 0.25) is 0 Å². The summed E-state index contributed by atoms with van der Waals surface area (Å²) in [7, 11) is 0. The van der Waals surface area contributed by atoms with Crippen molar-refractivity contribution in [3.63, 3.8) is 0 Å². The number of nitro benzene ring substituents is 1. The van der Waals surface area contributed by atoms with Crippen molar-refractivity contribution in [1.29, 1.82) is 0 Å². The molecule has 0 aliphatic carbocycles. The number of Topliss-reactive ketones (excluding diaryl/α,β-unsaturated/α-hetero) is 1. The number of nitrogens with zero attached hydrogens (tertiary/aromatic N) is 1. The van der Waals surface area contributed by atoms with Gasteiger partial charge in [-0.1, -0.05) is 32.9 Å². The zero-order chi connectivity index (χ0) is 17.2. The summed E-state index contributed by atoms with van der Waals surface area (Å²) in [5.74, 6) is -0.0862. The van der Waals surface area contributed by atoms with E-state index in [-0.39, 0.29) is 17.0 Å². The average Bonchev–Trinajstić information content (AvgIpc) is 2.78. The van der Waals surface area contributed by atoms with Crippen LogP contribution >= 0.6 is 11.3 Å². The number of nitrogens with one attached hydrogen (secondary N) is 1. The Morgan fingerprint density at radius 2 is 2.04 bits per heavy atom. The van der Waals surface area contributed by atoms with Gasteiger partial charge < -0.3 is 4.98 Å². The lowest BCUT2D eigenvalue weighted by atomic mass is 9.91. The molecule has 6 nitrogen and oxygen atoms in total. The number of hydrogen-bond donors (Lipinski definition) is 1. The summed E-state index contributed by atoms with van der Waals surface area (Å²) >= 11 is 1.14. The number of benzene rings is 1. The van der Waals surface area contributed by atoms with E-state index >= 15 is 0 Å².